The Kier molecular flexibility index (Phi) is 4.32. The van der Waals surface area contributed by atoms with E-state index in [1.54, 1.807) is 0 Å². The van der Waals surface area contributed by atoms with Crippen molar-refractivity contribution in [1.29, 1.82) is 0 Å². The van der Waals surface area contributed by atoms with Crippen LogP contribution in [0.1, 0.15) is 22.5 Å². The van der Waals surface area contributed by atoms with Gasteiger partial charge in [-0.2, -0.15) is 9.13 Å². The summed E-state index contributed by atoms with van der Waals surface area (Å²) < 4.78 is 16.7. The molecule has 0 amide bonds. The fourth-order valence-electron chi connectivity index (χ4n) is 8.73. The molecule has 0 bridgehead atoms. The second-order valence-corrected chi connectivity index (χ2v) is 12.5. The standard InChI is InChI=1S/C40H27N5O/c1-24-36(27-18-16-26(17-19-27)30-11-5-7-22-41-30)25(2)45-40-37-32(44(24)45)13-9-14-33(37)46-34-21-20-29-28-10-3-4-12-31(28)43(39(29)38(34)40)35-15-6-8-23-42(35)40/h3-23H,1-2H3/q+2. The van der Waals surface area contributed by atoms with Gasteiger partial charge in [0.2, 0.25) is 5.69 Å². The van der Waals surface area contributed by atoms with Crippen molar-refractivity contribution in [1.82, 2.24) is 14.2 Å². The molecule has 1 spiro atoms. The van der Waals surface area contributed by atoms with Crippen molar-refractivity contribution in [2.75, 3.05) is 0 Å². The van der Waals surface area contributed by atoms with Crippen molar-refractivity contribution >= 4 is 21.8 Å². The number of rotatable bonds is 2. The zero-order chi connectivity index (χ0) is 30.3. The van der Waals surface area contributed by atoms with Crippen molar-refractivity contribution in [3.05, 3.63) is 150 Å². The van der Waals surface area contributed by atoms with Crippen molar-refractivity contribution in [3.63, 3.8) is 0 Å². The lowest BCUT2D eigenvalue weighted by atomic mass is 9.84. The van der Waals surface area contributed by atoms with Crippen LogP contribution in [0.2, 0.25) is 0 Å². The average Bonchev–Trinajstić information content (AvgIpc) is 3.70. The lowest BCUT2D eigenvalue weighted by Crippen LogP contribution is -2.77. The molecule has 0 N–H and O–H groups in total. The van der Waals surface area contributed by atoms with E-state index >= 15 is 0 Å². The molecule has 3 aliphatic rings. The van der Waals surface area contributed by atoms with Gasteiger partial charge in [-0.05, 0) is 67.1 Å². The Morgan fingerprint density at radius 1 is 0.696 bits per heavy atom. The largest absolute Gasteiger partial charge is 0.456 e. The molecule has 11 rings (SSSR count). The van der Waals surface area contributed by atoms with Crippen LogP contribution in [0.15, 0.2) is 128 Å². The molecule has 0 radical (unpaired) electrons. The molecule has 3 aliphatic heterocycles. The van der Waals surface area contributed by atoms with Crippen LogP contribution in [0.4, 0.5) is 0 Å². The first-order chi connectivity index (χ1) is 22.7. The topological polar surface area (TPSA) is 39.7 Å². The Morgan fingerprint density at radius 2 is 1.50 bits per heavy atom. The van der Waals surface area contributed by atoms with Crippen LogP contribution in [-0.4, -0.2) is 14.2 Å². The number of pyridine rings is 2. The lowest BCUT2D eigenvalue weighted by molar-refractivity contribution is -0.995. The van der Waals surface area contributed by atoms with E-state index in [1.807, 2.05) is 18.3 Å². The molecule has 0 fully saturated rings. The molecule has 1 unspecified atom stereocenters. The number of nitrogens with zero attached hydrogens (tertiary/aromatic N) is 5. The van der Waals surface area contributed by atoms with Gasteiger partial charge in [0.25, 0.3) is 5.82 Å². The van der Waals surface area contributed by atoms with Crippen LogP contribution < -0.4 is 14.0 Å². The minimum atomic E-state index is -0.693. The third-order valence-electron chi connectivity index (χ3n) is 10.4. The highest BCUT2D eigenvalue weighted by Crippen LogP contribution is 2.56. The second-order valence-electron chi connectivity index (χ2n) is 12.5. The van der Waals surface area contributed by atoms with E-state index in [2.05, 4.69) is 147 Å². The first-order valence-corrected chi connectivity index (χ1v) is 15.7. The number of fused-ring (bicyclic) bond motifs is 7. The summed E-state index contributed by atoms with van der Waals surface area (Å²) in [6, 6.07) is 41.1. The summed E-state index contributed by atoms with van der Waals surface area (Å²) >= 11 is 0. The summed E-state index contributed by atoms with van der Waals surface area (Å²) in [6.07, 6.45) is 4.09. The minimum absolute atomic E-state index is 0.693. The van der Waals surface area contributed by atoms with E-state index in [9.17, 15) is 0 Å². The molecule has 6 heteroatoms. The summed E-state index contributed by atoms with van der Waals surface area (Å²) in [6.45, 7) is 4.52. The lowest BCUT2D eigenvalue weighted by Gasteiger charge is -2.33. The molecule has 4 aromatic heterocycles. The number of hydrogen-bond donors (Lipinski definition) is 0. The van der Waals surface area contributed by atoms with Gasteiger partial charge in [0.15, 0.2) is 11.1 Å². The maximum atomic E-state index is 6.83. The molecule has 4 aromatic carbocycles. The smallest absolute Gasteiger partial charge is 0.397 e. The molecule has 8 aromatic rings. The van der Waals surface area contributed by atoms with E-state index in [4.69, 9.17) is 4.74 Å². The Morgan fingerprint density at radius 3 is 2.37 bits per heavy atom. The summed E-state index contributed by atoms with van der Waals surface area (Å²) in [7, 11) is 0. The predicted octanol–water partition coefficient (Wildman–Crippen LogP) is 7.53. The molecule has 7 heterocycles. The van der Waals surface area contributed by atoms with Gasteiger partial charge < -0.3 is 4.74 Å². The monoisotopic (exact) mass is 593 g/mol. The van der Waals surface area contributed by atoms with Crippen LogP contribution in [0, 0.1) is 13.8 Å². The average molecular weight is 594 g/mol. The van der Waals surface area contributed by atoms with Crippen LogP contribution >= 0.6 is 0 Å². The molecule has 0 aliphatic carbocycles. The minimum Gasteiger partial charge on any atom is -0.456 e. The maximum absolute atomic E-state index is 6.83. The summed E-state index contributed by atoms with van der Waals surface area (Å²) in [4.78, 5) is 4.57. The fraction of sp³-hybridized carbons (Fsp3) is 0.0750. The highest BCUT2D eigenvalue weighted by Gasteiger charge is 2.69. The van der Waals surface area contributed by atoms with E-state index < -0.39 is 5.66 Å². The van der Waals surface area contributed by atoms with E-state index in [1.165, 1.54) is 55.4 Å². The molecule has 0 saturated heterocycles. The van der Waals surface area contributed by atoms with Crippen LogP contribution in [0.5, 0.6) is 11.5 Å². The third-order valence-corrected chi connectivity index (χ3v) is 10.4. The number of benzene rings is 4. The Hall–Kier alpha value is -6.01. The SMILES string of the molecule is Cc1c(-c2ccc(-c3ccccn3)cc2)c(C)[n+]2n1-c1cccc3c1C21c2c(ccc4c5ccccc5n(c24)-c2cccc[n+]21)O3. The number of hydrogen-bond acceptors (Lipinski definition) is 2. The van der Waals surface area contributed by atoms with Gasteiger partial charge in [0.1, 0.15) is 28.3 Å². The molecule has 6 nitrogen and oxygen atoms in total. The van der Waals surface area contributed by atoms with Gasteiger partial charge in [0.05, 0.1) is 23.1 Å². The quantitative estimate of drug-likeness (QED) is 0.195. The van der Waals surface area contributed by atoms with Gasteiger partial charge in [-0.3, -0.25) is 4.98 Å². The molecule has 0 saturated carbocycles. The van der Waals surface area contributed by atoms with Crippen molar-refractivity contribution in [3.8, 4) is 45.4 Å². The van der Waals surface area contributed by atoms with E-state index in [0.717, 1.165) is 34.3 Å². The van der Waals surface area contributed by atoms with Crippen molar-refractivity contribution in [2.45, 2.75) is 19.5 Å². The first kappa shape index (κ1) is 24.3. The summed E-state index contributed by atoms with van der Waals surface area (Å²) in [5.41, 5.74) is 12.1. The Labute approximate surface area is 264 Å². The van der Waals surface area contributed by atoms with Gasteiger partial charge in [0, 0.05) is 35.5 Å². The van der Waals surface area contributed by atoms with E-state index in [-0.39, 0.29) is 0 Å². The fourth-order valence-corrected chi connectivity index (χ4v) is 8.73. The highest BCUT2D eigenvalue weighted by atomic mass is 16.5. The molecular formula is C40H27N5O+2. The highest BCUT2D eigenvalue weighted by molar-refractivity contribution is 6.11. The van der Waals surface area contributed by atoms with E-state index in [0.29, 0.717) is 0 Å². The zero-order valence-corrected chi connectivity index (χ0v) is 25.3. The van der Waals surface area contributed by atoms with Gasteiger partial charge in [-0.25, -0.2) is 0 Å². The Balaban J connectivity index is 1.29. The summed E-state index contributed by atoms with van der Waals surface area (Å²) in [5, 5.41) is 2.48. The van der Waals surface area contributed by atoms with Crippen molar-refractivity contribution < 1.29 is 14.0 Å². The normalized spacial score (nSPS) is 16.3. The second kappa shape index (κ2) is 8.17. The molecule has 1 atom stereocenters. The first-order valence-electron chi connectivity index (χ1n) is 15.7. The third kappa shape index (κ3) is 2.61. The summed E-state index contributed by atoms with van der Waals surface area (Å²) in [5.74, 6) is 2.91. The predicted molar refractivity (Wildman–Crippen MR) is 177 cm³/mol. The van der Waals surface area contributed by atoms with Gasteiger partial charge >= 0.3 is 5.66 Å². The maximum Gasteiger partial charge on any atom is 0.397 e. The molecular weight excluding hydrogens is 566 g/mol. The molecule has 216 valence electrons. The number of aromatic nitrogens is 5. The van der Waals surface area contributed by atoms with Gasteiger partial charge in [-0.1, -0.05) is 59.3 Å². The van der Waals surface area contributed by atoms with Crippen molar-refractivity contribution in [2.24, 2.45) is 0 Å². The molecule has 46 heavy (non-hydrogen) atoms. The number of ether oxygens (including phenoxy) is 1. The van der Waals surface area contributed by atoms with Gasteiger partial charge in [-0.15, -0.1) is 4.68 Å². The zero-order valence-electron chi connectivity index (χ0n) is 25.3. The number of para-hydroxylation sites is 1. The van der Waals surface area contributed by atoms with Crippen LogP contribution in [0.25, 0.3) is 55.7 Å². The van der Waals surface area contributed by atoms with Crippen LogP contribution in [0.3, 0.4) is 0 Å². The van der Waals surface area contributed by atoms with Crippen LogP contribution in [-0.2, 0) is 5.66 Å². The Bertz CT molecular complexity index is 2630.